The molecule has 1 aliphatic rings. The summed E-state index contributed by atoms with van der Waals surface area (Å²) in [5, 5.41) is 3.33. The highest BCUT2D eigenvalue weighted by Crippen LogP contribution is 2.24. The van der Waals surface area contributed by atoms with E-state index in [1.54, 1.807) is 12.5 Å². The zero-order chi connectivity index (χ0) is 11.1. The van der Waals surface area contributed by atoms with Gasteiger partial charge in [-0.3, -0.25) is 0 Å². The van der Waals surface area contributed by atoms with Crippen molar-refractivity contribution in [1.29, 1.82) is 0 Å². The molecule has 0 aromatic carbocycles. The predicted molar refractivity (Wildman–Crippen MR) is 63.2 cm³/mol. The van der Waals surface area contributed by atoms with Crippen molar-refractivity contribution in [3.63, 3.8) is 0 Å². The summed E-state index contributed by atoms with van der Waals surface area (Å²) in [7, 11) is 0. The zero-order valence-electron chi connectivity index (χ0n) is 9.78. The third-order valence-corrected chi connectivity index (χ3v) is 3.16. The van der Waals surface area contributed by atoms with E-state index in [4.69, 9.17) is 9.15 Å². The van der Waals surface area contributed by atoms with Gasteiger partial charge in [0.15, 0.2) is 0 Å². The van der Waals surface area contributed by atoms with Gasteiger partial charge in [-0.1, -0.05) is 12.8 Å². The first-order valence-corrected chi connectivity index (χ1v) is 6.24. The molecule has 1 N–H and O–H groups in total. The number of nitrogens with one attached hydrogen (secondary N) is 1. The van der Waals surface area contributed by atoms with Gasteiger partial charge in [-0.05, 0) is 24.8 Å². The summed E-state index contributed by atoms with van der Waals surface area (Å²) in [5.74, 6) is 0.828. The summed E-state index contributed by atoms with van der Waals surface area (Å²) >= 11 is 0. The Bertz CT molecular complexity index is 265. The lowest BCUT2D eigenvalue weighted by Crippen LogP contribution is -2.20. The Hall–Kier alpha value is -0.800. The molecule has 3 heteroatoms. The standard InChI is InChI=1S/C13H21NO2/c1-2-4-12(3-1)10-16-8-6-14-9-13-5-7-15-11-13/h5,7,11-12,14H,1-4,6,8-10H2. The van der Waals surface area contributed by atoms with E-state index in [1.807, 2.05) is 6.07 Å². The molecule has 1 saturated carbocycles. The van der Waals surface area contributed by atoms with Crippen LogP contribution in [-0.2, 0) is 11.3 Å². The first-order valence-electron chi connectivity index (χ1n) is 6.24. The van der Waals surface area contributed by atoms with E-state index in [0.717, 1.165) is 32.2 Å². The van der Waals surface area contributed by atoms with Crippen molar-refractivity contribution in [3.05, 3.63) is 24.2 Å². The first kappa shape index (κ1) is 11.7. The maximum Gasteiger partial charge on any atom is 0.0947 e. The van der Waals surface area contributed by atoms with Crippen LogP contribution in [0.5, 0.6) is 0 Å². The largest absolute Gasteiger partial charge is 0.472 e. The number of furan rings is 1. The van der Waals surface area contributed by atoms with Gasteiger partial charge in [0.25, 0.3) is 0 Å². The van der Waals surface area contributed by atoms with Crippen molar-refractivity contribution < 1.29 is 9.15 Å². The second kappa shape index (κ2) is 6.71. The van der Waals surface area contributed by atoms with Gasteiger partial charge < -0.3 is 14.5 Å². The highest BCUT2D eigenvalue weighted by molar-refractivity contribution is 5.04. The molecule has 2 rings (SSSR count). The van der Waals surface area contributed by atoms with Gasteiger partial charge in [-0.25, -0.2) is 0 Å². The molecular weight excluding hydrogens is 202 g/mol. The van der Waals surface area contributed by atoms with Crippen LogP contribution in [0.15, 0.2) is 23.0 Å². The fourth-order valence-corrected chi connectivity index (χ4v) is 2.20. The maximum absolute atomic E-state index is 5.65. The van der Waals surface area contributed by atoms with Crippen LogP contribution in [0, 0.1) is 5.92 Å². The SMILES string of the molecule is c1cc(CNCCOCC2CCCC2)co1. The van der Waals surface area contributed by atoms with E-state index in [2.05, 4.69) is 5.32 Å². The van der Waals surface area contributed by atoms with E-state index in [0.29, 0.717) is 0 Å². The molecule has 1 aromatic rings. The molecule has 0 radical (unpaired) electrons. The van der Waals surface area contributed by atoms with Gasteiger partial charge in [0.05, 0.1) is 19.1 Å². The lowest BCUT2D eigenvalue weighted by atomic mass is 10.1. The van der Waals surface area contributed by atoms with Gasteiger partial charge in [-0.15, -0.1) is 0 Å². The highest BCUT2D eigenvalue weighted by Gasteiger charge is 2.14. The summed E-state index contributed by atoms with van der Waals surface area (Å²) in [4.78, 5) is 0. The Morgan fingerprint density at radius 3 is 3.00 bits per heavy atom. The normalized spacial score (nSPS) is 17.0. The van der Waals surface area contributed by atoms with Crippen molar-refractivity contribution in [2.75, 3.05) is 19.8 Å². The Morgan fingerprint density at radius 1 is 1.38 bits per heavy atom. The smallest absolute Gasteiger partial charge is 0.0947 e. The molecule has 3 nitrogen and oxygen atoms in total. The number of hydrogen-bond acceptors (Lipinski definition) is 3. The molecule has 1 aliphatic carbocycles. The molecule has 0 spiro atoms. The van der Waals surface area contributed by atoms with E-state index in [-0.39, 0.29) is 0 Å². The fourth-order valence-electron chi connectivity index (χ4n) is 2.20. The second-order valence-electron chi connectivity index (χ2n) is 4.53. The van der Waals surface area contributed by atoms with Crippen LogP contribution in [0.2, 0.25) is 0 Å². The third-order valence-electron chi connectivity index (χ3n) is 3.16. The molecule has 1 aromatic heterocycles. The molecule has 0 atom stereocenters. The van der Waals surface area contributed by atoms with Crippen LogP contribution in [0.4, 0.5) is 0 Å². The Balaban J connectivity index is 1.43. The molecule has 0 bridgehead atoms. The molecule has 0 amide bonds. The van der Waals surface area contributed by atoms with Crippen LogP contribution < -0.4 is 5.32 Å². The average Bonchev–Trinajstić information content (AvgIpc) is 2.96. The van der Waals surface area contributed by atoms with Crippen LogP contribution in [-0.4, -0.2) is 19.8 Å². The molecular formula is C13H21NO2. The Kier molecular flexibility index (Phi) is 4.90. The molecule has 16 heavy (non-hydrogen) atoms. The Labute approximate surface area is 97.2 Å². The van der Waals surface area contributed by atoms with Gasteiger partial charge >= 0.3 is 0 Å². The van der Waals surface area contributed by atoms with Crippen LogP contribution >= 0.6 is 0 Å². The summed E-state index contributed by atoms with van der Waals surface area (Å²) in [6.45, 7) is 3.54. The highest BCUT2D eigenvalue weighted by atomic mass is 16.5. The molecule has 1 fully saturated rings. The third kappa shape index (κ3) is 3.99. The summed E-state index contributed by atoms with van der Waals surface area (Å²) in [5.41, 5.74) is 1.19. The minimum Gasteiger partial charge on any atom is -0.472 e. The zero-order valence-corrected chi connectivity index (χ0v) is 9.78. The van der Waals surface area contributed by atoms with Gasteiger partial charge in [0.1, 0.15) is 0 Å². The number of hydrogen-bond donors (Lipinski definition) is 1. The van der Waals surface area contributed by atoms with Gasteiger partial charge in [0, 0.05) is 25.3 Å². The minimum absolute atomic E-state index is 0.814. The topological polar surface area (TPSA) is 34.4 Å². The first-order chi connectivity index (χ1) is 7.95. The molecule has 1 heterocycles. The predicted octanol–water partition coefficient (Wildman–Crippen LogP) is 2.58. The summed E-state index contributed by atoms with van der Waals surface area (Å²) in [6.07, 6.45) is 8.99. The average molecular weight is 223 g/mol. The van der Waals surface area contributed by atoms with Crippen LogP contribution in [0.25, 0.3) is 0 Å². The molecule has 0 aliphatic heterocycles. The maximum atomic E-state index is 5.65. The van der Waals surface area contributed by atoms with Gasteiger partial charge in [0.2, 0.25) is 0 Å². The number of rotatable bonds is 7. The van der Waals surface area contributed by atoms with E-state index in [9.17, 15) is 0 Å². The monoisotopic (exact) mass is 223 g/mol. The van der Waals surface area contributed by atoms with Gasteiger partial charge in [-0.2, -0.15) is 0 Å². The fraction of sp³-hybridized carbons (Fsp3) is 0.692. The lowest BCUT2D eigenvalue weighted by molar-refractivity contribution is 0.103. The molecule has 0 unspecified atom stereocenters. The van der Waals surface area contributed by atoms with Crippen molar-refractivity contribution in [3.8, 4) is 0 Å². The van der Waals surface area contributed by atoms with Crippen molar-refractivity contribution >= 4 is 0 Å². The number of ether oxygens (including phenoxy) is 1. The Morgan fingerprint density at radius 2 is 2.25 bits per heavy atom. The van der Waals surface area contributed by atoms with Crippen molar-refractivity contribution in [1.82, 2.24) is 5.32 Å². The molecule has 90 valence electrons. The lowest BCUT2D eigenvalue weighted by Gasteiger charge is -2.09. The van der Waals surface area contributed by atoms with Crippen molar-refractivity contribution in [2.24, 2.45) is 5.92 Å². The van der Waals surface area contributed by atoms with Crippen LogP contribution in [0.3, 0.4) is 0 Å². The van der Waals surface area contributed by atoms with E-state index in [1.165, 1.54) is 31.2 Å². The summed E-state index contributed by atoms with van der Waals surface area (Å²) in [6, 6.07) is 1.98. The minimum atomic E-state index is 0.814. The van der Waals surface area contributed by atoms with Crippen molar-refractivity contribution in [2.45, 2.75) is 32.2 Å². The van der Waals surface area contributed by atoms with Crippen LogP contribution in [0.1, 0.15) is 31.2 Å². The molecule has 0 saturated heterocycles. The quantitative estimate of drug-likeness (QED) is 0.721. The second-order valence-corrected chi connectivity index (χ2v) is 4.53. The summed E-state index contributed by atoms with van der Waals surface area (Å²) < 4.78 is 10.6. The van der Waals surface area contributed by atoms with E-state index < -0.39 is 0 Å². The van der Waals surface area contributed by atoms with E-state index >= 15 is 0 Å².